The Labute approximate surface area is 61.6 Å². The summed E-state index contributed by atoms with van der Waals surface area (Å²) in [4.78, 5) is 0. The van der Waals surface area contributed by atoms with Crippen LogP contribution in [-0.4, -0.2) is 17.2 Å². The van der Waals surface area contributed by atoms with E-state index in [0.717, 1.165) is 5.49 Å². The quantitative estimate of drug-likeness (QED) is 0.630. The van der Waals surface area contributed by atoms with Gasteiger partial charge in [0.05, 0.1) is 5.49 Å². The van der Waals surface area contributed by atoms with Crippen molar-refractivity contribution in [3.8, 4) is 0 Å². The number of hydrogen-bond donors (Lipinski definition) is 1. The minimum atomic E-state index is -4.15. The van der Waals surface area contributed by atoms with Crippen molar-refractivity contribution in [2.45, 2.75) is 24.6 Å². The van der Waals surface area contributed by atoms with Crippen LogP contribution in [0.1, 0.15) is 12.8 Å². The van der Waals surface area contributed by atoms with Gasteiger partial charge in [-0.15, -0.1) is 0 Å². The van der Waals surface area contributed by atoms with E-state index in [-0.39, 0.29) is 12.8 Å². The predicted octanol–water partition coefficient (Wildman–Crippen LogP) is 1.63. The Hall–Kier alpha value is -0.320. The van der Waals surface area contributed by atoms with Gasteiger partial charge in [0.15, 0.2) is 0 Å². The SMILES string of the molecule is FC(F)(F)C1(NC=S)CC1. The molecule has 1 N–H and O–H groups in total. The zero-order chi connectivity index (χ0) is 7.83. The van der Waals surface area contributed by atoms with Crippen LogP contribution in [0.25, 0.3) is 0 Å². The Morgan fingerprint density at radius 1 is 1.40 bits per heavy atom. The second kappa shape index (κ2) is 2.08. The molecule has 5 heteroatoms. The summed E-state index contributed by atoms with van der Waals surface area (Å²) in [6, 6.07) is 0. The molecule has 0 atom stereocenters. The number of hydrogen-bond acceptors (Lipinski definition) is 1. The molecular weight excluding hydrogens is 163 g/mol. The van der Waals surface area contributed by atoms with Crippen molar-refractivity contribution in [2.75, 3.05) is 0 Å². The second-order valence-electron chi connectivity index (χ2n) is 2.34. The molecule has 0 aliphatic heterocycles. The monoisotopic (exact) mass is 169 g/mol. The standard InChI is InChI=1S/C5H6F3NS/c6-5(7,8)4(1-2-4)9-3-10/h3H,1-2H2,(H,9,10). The van der Waals surface area contributed by atoms with Crippen molar-refractivity contribution in [1.29, 1.82) is 0 Å². The van der Waals surface area contributed by atoms with Crippen LogP contribution in [0.3, 0.4) is 0 Å². The van der Waals surface area contributed by atoms with E-state index in [1.807, 2.05) is 0 Å². The van der Waals surface area contributed by atoms with Gasteiger partial charge in [0.25, 0.3) is 0 Å². The van der Waals surface area contributed by atoms with Gasteiger partial charge in [0.2, 0.25) is 0 Å². The molecule has 0 amide bonds. The lowest BCUT2D eigenvalue weighted by atomic mass is 10.3. The van der Waals surface area contributed by atoms with Gasteiger partial charge < -0.3 is 5.32 Å². The second-order valence-corrected chi connectivity index (χ2v) is 2.58. The molecule has 1 fully saturated rings. The lowest BCUT2D eigenvalue weighted by Gasteiger charge is -2.18. The van der Waals surface area contributed by atoms with E-state index in [9.17, 15) is 13.2 Å². The molecule has 0 aromatic rings. The van der Waals surface area contributed by atoms with Crippen LogP contribution in [-0.2, 0) is 0 Å². The van der Waals surface area contributed by atoms with E-state index in [1.54, 1.807) is 0 Å². The zero-order valence-corrected chi connectivity index (χ0v) is 5.85. The van der Waals surface area contributed by atoms with Crippen molar-refractivity contribution in [3.63, 3.8) is 0 Å². The largest absolute Gasteiger partial charge is 0.411 e. The first-order chi connectivity index (χ1) is 4.52. The summed E-state index contributed by atoms with van der Waals surface area (Å²) >= 11 is 4.27. The van der Waals surface area contributed by atoms with Gasteiger partial charge in [-0.25, -0.2) is 0 Å². The topological polar surface area (TPSA) is 12.0 Å². The van der Waals surface area contributed by atoms with Crippen LogP contribution in [0.15, 0.2) is 0 Å². The smallest absolute Gasteiger partial charge is 0.369 e. The number of rotatable bonds is 2. The molecule has 0 unspecified atom stereocenters. The average molecular weight is 169 g/mol. The molecule has 1 saturated carbocycles. The van der Waals surface area contributed by atoms with E-state index in [0.29, 0.717) is 0 Å². The third-order valence-electron chi connectivity index (χ3n) is 1.63. The van der Waals surface area contributed by atoms with Crippen molar-refractivity contribution < 1.29 is 13.2 Å². The van der Waals surface area contributed by atoms with Crippen molar-refractivity contribution >= 4 is 17.7 Å². The summed E-state index contributed by atoms with van der Waals surface area (Å²) in [5, 5.41) is 2.14. The van der Waals surface area contributed by atoms with Gasteiger partial charge in [-0.05, 0) is 12.8 Å². The van der Waals surface area contributed by atoms with Gasteiger partial charge in [-0.1, -0.05) is 12.2 Å². The number of nitrogens with one attached hydrogen (secondary N) is 1. The first-order valence-electron chi connectivity index (χ1n) is 2.80. The molecule has 1 aliphatic carbocycles. The zero-order valence-electron chi connectivity index (χ0n) is 5.03. The first kappa shape index (κ1) is 7.78. The maximum Gasteiger partial charge on any atom is 0.411 e. The molecule has 0 saturated heterocycles. The summed E-state index contributed by atoms with van der Waals surface area (Å²) in [6.45, 7) is 0. The minimum absolute atomic E-state index is 0.142. The third-order valence-corrected chi connectivity index (χ3v) is 1.75. The fourth-order valence-electron chi connectivity index (χ4n) is 0.747. The van der Waals surface area contributed by atoms with Crippen LogP contribution in [0.5, 0.6) is 0 Å². The molecule has 0 aromatic heterocycles. The van der Waals surface area contributed by atoms with Crippen LogP contribution in [0.2, 0.25) is 0 Å². The summed E-state index contributed by atoms with van der Waals surface area (Å²) in [5.41, 5.74) is -0.741. The highest BCUT2D eigenvalue weighted by Crippen LogP contribution is 2.48. The van der Waals surface area contributed by atoms with Crippen LogP contribution < -0.4 is 5.32 Å². The summed E-state index contributed by atoms with van der Waals surface area (Å²) in [7, 11) is 0. The minimum Gasteiger partial charge on any atom is -0.369 e. The fourth-order valence-corrected chi connectivity index (χ4v) is 0.973. The van der Waals surface area contributed by atoms with Crippen molar-refractivity contribution in [3.05, 3.63) is 0 Å². The van der Waals surface area contributed by atoms with E-state index in [4.69, 9.17) is 0 Å². The molecule has 58 valence electrons. The molecule has 0 spiro atoms. The Balaban J connectivity index is 2.60. The van der Waals surface area contributed by atoms with Gasteiger partial charge in [0, 0.05) is 0 Å². The summed E-state index contributed by atoms with van der Waals surface area (Å²) in [6.07, 6.45) is -3.87. The highest BCUT2D eigenvalue weighted by atomic mass is 32.1. The maximum atomic E-state index is 12.0. The lowest BCUT2D eigenvalue weighted by Crippen LogP contribution is -2.43. The van der Waals surface area contributed by atoms with Gasteiger partial charge in [0.1, 0.15) is 5.54 Å². The summed E-state index contributed by atoms with van der Waals surface area (Å²) < 4.78 is 35.9. The number of alkyl halides is 3. The van der Waals surface area contributed by atoms with E-state index in [2.05, 4.69) is 17.5 Å². The molecule has 10 heavy (non-hydrogen) atoms. The highest BCUT2D eigenvalue weighted by molar-refractivity contribution is 7.78. The van der Waals surface area contributed by atoms with Crippen LogP contribution in [0.4, 0.5) is 13.2 Å². The van der Waals surface area contributed by atoms with Crippen LogP contribution in [0, 0.1) is 0 Å². The van der Waals surface area contributed by atoms with Gasteiger partial charge in [-0.2, -0.15) is 13.2 Å². The Bertz CT molecular complexity index is 149. The molecule has 1 nitrogen and oxygen atoms in total. The predicted molar refractivity (Wildman–Crippen MR) is 34.8 cm³/mol. The molecule has 0 radical (unpaired) electrons. The third kappa shape index (κ3) is 1.10. The van der Waals surface area contributed by atoms with E-state index < -0.39 is 11.7 Å². The molecule has 1 aliphatic rings. The molecule has 0 heterocycles. The van der Waals surface area contributed by atoms with E-state index in [1.165, 1.54) is 0 Å². The number of halogens is 3. The Morgan fingerprint density at radius 2 is 1.90 bits per heavy atom. The van der Waals surface area contributed by atoms with E-state index >= 15 is 0 Å². The maximum absolute atomic E-state index is 12.0. The summed E-state index contributed by atoms with van der Waals surface area (Å²) in [5.74, 6) is 0. The molecule has 1 rings (SSSR count). The van der Waals surface area contributed by atoms with Crippen molar-refractivity contribution in [2.24, 2.45) is 0 Å². The Kier molecular flexibility index (Phi) is 1.62. The average Bonchev–Trinajstić information content (AvgIpc) is 2.45. The fraction of sp³-hybridized carbons (Fsp3) is 0.800. The normalized spacial score (nSPS) is 21.9. The van der Waals surface area contributed by atoms with Gasteiger partial charge >= 0.3 is 6.18 Å². The molecular formula is C5H6F3NS. The molecule has 0 bridgehead atoms. The molecule has 0 aromatic carbocycles. The highest BCUT2D eigenvalue weighted by Gasteiger charge is 2.63. The van der Waals surface area contributed by atoms with Gasteiger partial charge in [-0.3, -0.25) is 0 Å². The Morgan fingerprint density at radius 3 is 2.00 bits per heavy atom. The lowest BCUT2D eigenvalue weighted by molar-refractivity contribution is -0.161. The number of thiocarbonyl (C=S) groups is 1. The van der Waals surface area contributed by atoms with Crippen LogP contribution >= 0.6 is 12.2 Å². The van der Waals surface area contributed by atoms with Crippen molar-refractivity contribution in [1.82, 2.24) is 5.32 Å². The first-order valence-corrected chi connectivity index (χ1v) is 3.27.